The van der Waals surface area contributed by atoms with Crippen LogP contribution < -0.4 is 10.6 Å². The topological polar surface area (TPSA) is 89.0 Å². The summed E-state index contributed by atoms with van der Waals surface area (Å²) in [7, 11) is 1.57. The van der Waals surface area contributed by atoms with E-state index in [1.54, 1.807) is 7.11 Å². The van der Waals surface area contributed by atoms with E-state index in [0.29, 0.717) is 25.5 Å². The lowest BCUT2D eigenvalue weighted by molar-refractivity contribution is -0.121. The van der Waals surface area contributed by atoms with E-state index in [1.165, 1.54) is 0 Å². The van der Waals surface area contributed by atoms with Crippen molar-refractivity contribution >= 4 is 34.9 Å². The Morgan fingerprint density at radius 2 is 2.11 bits per heavy atom. The van der Waals surface area contributed by atoms with Gasteiger partial charge in [-0.3, -0.25) is 4.79 Å². The third-order valence-electron chi connectivity index (χ3n) is 1.89. The minimum atomic E-state index is -0.0937. The normalized spacial score (nSPS) is 10.2. The Labute approximate surface area is 114 Å². The van der Waals surface area contributed by atoms with E-state index in [9.17, 15) is 4.79 Å². The monoisotopic (exact) mass is 293 g/mol. The summed E-state index contributed by atoms with van der Waals surface area (Å²) in [5, 5.41) is 12.7. The Balaban J connectivity index is 2.28. The van der Waals surface area contributed by atoms with Gasteiger partial charge in [0.2, 0.25) is 11.2 Å². The number of anilines is 1. The highest BCUT2D eigenvalue weighted by Gasteiger charge is 2.06. The molecular weight excluding hydrogens is 281 g/mol. The molecule has 0 saturated carbocycles. The van der Waals surface area contributed by atoms with Gasteiger partial charge in [-0.2, -0.15) is 4.98 Å². The molecule has 1 amide bonds. The summed E-state index contributed by atoms with van der Waals surface area (Å²) in [5.41, 5.74) is 0. The van der Waals surface area contributed by atoms with Crippen LogP contribution in [0.2, 0.25) is 10.4 Å². The summed E-state index contributed by atoms with van der Waals surface area (Å²) in [6, 6.07) is 0. The van der Waals surface area contributed by atoms with Crippen molar-refractivity contribution in [2.75, 3.05) is 32.1 Å². The van der Waals surface area contributed by atoms with Crippen LogP contribution in [0.3, 0.4) is 0 Å². The van der Waals surface area contributed by atoms with Crippen molar-refractivity contribution in [3.05, 3.63) is 10.4 Å². The fourth-order valence-corrected chi connectivity index (χ4v) is 1.35. The van der Waals surface area contributed by atoms with Gasteiger partial charge in [-0.05, 0) is 11.6 Å². The molecule has 0 atom stereocenters. The zero-order valence-corrected chi connectivity index (χ0v) is 11.3. The van der Waals surface area contributed by atoms with Crippen LogP contribution in [0.5, 0.6) is 0 Å². The largest absolute Gasteiger partial charge is 0.383 e. The van der Waals surface area contributed by atoms with Crippen LogP contribution in [0.25, 0.3) is 0 Å². The number of carbonyl (C=O) groups excluding carboxylic acids is 1. The lowest BCUT2D eigenvalue weighted by atomic mass is 10.4. The van der Waals surface area contributed by atoms with Crippen molar-refractivity contribution in [1.82, 2.24) is 20.5 Å². The van der Waals surface area contributed by atoms with E-state index >= 15 is 0 Å². The molecule has 0 spiro atoms. The van der Waals surface area contributed by atoms with Gasteiger partial charge in [0.15, 0.2) is 11.0 Å². The van der Waals surface area contributed by atoms with Gasteiger partial charge in [-0.1, -0.05) is 11.6 Å². The van der Waals surface area contributed by atoms with Crippen molar-refractivity contribution in [1.29, 1.82) is 0 Å². The molecule has 0 saturated heterocycles. The predicted molar refractivity (Wildman–Crippen MR) is 67.8 cm³/mol. The van der Waals surface area contributed by atoms with Crippen LogP contribution >= 0.6 is 23.2 Å². The molecular formula is C9H13Cl2N5O2. The first-order valence-corrected chi connectivity index (χ1v) is 5.94. The van der Waals surface area contributed by atoms with Gasteiger partial charge >= 0.3 is 0 Å². The maximum Gasteiger partial charge on any atom is 0.245 e. The maximum atomic E-state index is 11.3. The number of hydrogen-bond donors (Lipinski definition) is 2. The quantitative estimate of drug-likeness (QED) is 0.721. The fraction of sp³-hybridized carbons (Fsp3) is 0.556. The Morgan fingerprint density at radius 3 is 2.83 bits per heavy atom. The van der Waals surface area contributed by atoms with Gasteiger partial charge < -0.3 is 15.4 Å². The smallest absolute Gasteiger partial charge is 0.245 e. The molecule has 100 valence electrons. The van der Waals surface area contributed by atoms with E-state index in [0.717, 1.165) is 0 Å². The number of rotatable bonds is 7. The van der Waals surface area contributed by atoms with E-state index in [4.69, 9.17) is 27.9 Å². The van der Waals surface area contributed by atoms with Gasteiger partial charge in [0.25, 0.3) is 0 Å². The van der Waals surface area contributed by atoms with E-state index in [2.05, 4.69) is 25.8 Å². The number of aromatic nitrogens is 3. The summed E-state index contributed by atoms with van der Waals surface area (Å²) >= 11 is 11.3. The van der Waals surface area contributed by atoms with Crippen molar-refractivity contribution in [3.63, 3.8) is 0 Å². The number of ether oxygens (including phenoxy) is 1. The first-order chi connectivity index (χ1) is 8.63. The molecule has 0 radical (unpaired) electrons. The third-order valence-corrected chi connectivity index (χ3v) is 2.31. The first-order valence-electron chi connectivity index (χ1n) is 5.18. The van der Waals surface area contributed by atoms with Crippen LogP contribution in [0.1, 0.15) is 6.42 Å². The van der Waals surface area contributed by atoms with Gasteiger partial charge in [0, 0.05) is 26.6 Å². The molecule has 1 aromatic rings. The van der Waals surface area contributed by atoms with Crippen molar-refractivity contribution in [2.24, 2.45) is 0 Å². The molecule has 1 rings (SSSR count). The molecule has 0 aromatic carbocycles. The molecule has 0 fully saturated rings. The number of nitrogens with zero attached hydrogens (tertiary/aromatic N) is 3. The minimum absolute atomic E-state index is 0.00792. The molecule has 0 unspecified atom stereocenters. The second kappa shape index (κ2) is 8.02. The zero-order valence-electron chi connectivity index (χ0n) is 9.74. The van der Waals surface area contributed by atoms with Crippen molar-refractivity contribution < 1.29 is 9.53 Å². The van der Waals surface area contributed by atoms with Gasteiger partial charge in [0.05, 0.1) is 6.61 Å². The average Bonchev–Trinajstić information content (AvgIpc) is 2.34. The standard InChI is InChI=1S/C9H13Cl2N5O2/c1-18-5-4-12-6(17)2-3-13-8-7(10)15-16-9(11)14-8/h2-5H2,1H3,(H,12,17)(H,13,14,16). The summed E-state index contributed by atoms with van der Waals surface area (Å²) in [5.74, 6) is 0.213. The summed E-state index contributed by atoms with van der Waals surface area (Å²) < 4.78 is 4.81. The van der Waals surface area contributed by atoms with Crippen LogP contribution in [0.4, 0.5) is 5.82 Å². The predicted octanol–water partition coefficient (Wildman–Crippen LogP) is 0.743. The highest BCUT2D eigenvalue weighted by Crippen LogP contribution is 2.15. The maximum absolute atomic E-state index is 11.3. The highest BCUT2D eigenvalue weighted by molar-refractivity contribution is 6.32. The molecule has 0 aliphatic rings. The summed E-state index contributed by atoms with van der Waals surface area (Å²) in [4.78, 5) is 15.2. The number of hydrogen-bond acceptors (Lipinski definition) is 6. The molecule has 9 heteroatoms. The second-order valence-electron chi connectivity index (χ2n) is 3.24. The summed E-state index contributed by atoms with van der Waals surface area (Å²) in [6.45, 7) is 1.33. The third kappa shape index (κ3) is 5.44. The Kier molecular flexibility index (Phi) is 6.63. The van der Waals surface area contributed by atoms with Crippen LogP contribution in [-0.4, -0.2) is 47.9 Å². The number of carbonyl (C=O) groups is 1. The van der Waals surface area contributed by atoms with Crippen LogP contribution in [0.15, 0.2) is 0 Å². The van der Waals surface area contributed by atoms with Crippen LogP contribution in [0, 0.1) is 0 Å². The molecule has 18 heavy (non-hydrogen) atoms. The number of amides is 1. The fourth-order valence-electron chi connectivity index (χ4n) is 1.08. The van der Waals surface area contributed by atoms with Crippen LogP contribution in [-0.2, 0) is 9.53 Å². The van der Waals surface area contributed by atoms with Gasteiger partial charge in [-0.25, -0.2) is 0 Å². The molecule has 0 aliphatic heterocycles. The van der Waals surface area contributed by atoms with Crippen molar-refractivity contribution in [2.45, 2.75) is 6.42 Å². The van der Waals surface area contributed by atoms with Crippen molar-refractivity contribution in [3.8, 4) is 0 Å². The summed E-state index contributed by atoms with van der Waals surface area (Å²) in [6.07, 6.45) is 0.279. The molecule has 0 aliphatic carbocycles. The number of nitrogens with one attached hydrogen (secondary N) is 2. The second-order valence-corrected chi connectivity index (χ2v) is 3.94. The van der Waals surface area contributed by atoms with E-state index in [1.807, 2.05) is 0 Å². The molecule has 7 nitrogen and oxygen atoms in total. The molecule has 0 bridgehead atoms. The van der Waals surface area contributed by atoms with E-state index in [-0.39, 0.29) is 22.8 Å². The first kappa shape index (κ1) is 14.9. The average molecular weight is 294 g/mol. The SMILES string of the molecule is COCCNC(=O)CCNc1nc(Cl)nnc1Cl. The number of halogens is 2. The zero-order chi connectivity index (χ0) is 13.4. The Bertz CT molecular complexity index is 405. The van der Waals surface area contributed by atoms with Gasteiger partial charge in [0.1, 0.15) is 0 Å². The lowest BCUT2D eigenvalue weighted by Gasteiger charge is -2.07. The van der Waals surface area contributed by atoms with Gasteiger partial charge in [-0.15, -0.1) is 10.2 Å². The van der Waals surface area contributed by atoms with E-state index < -0.39 is 0 Å². The Hall–Kier alpha value is -1.18. The Morgan fingerprint density at radius 1 is 1.33 bits per heavy atom. The molecule has 2 N–H and O–H groups in total. The minimum Gasteiger partial charge on any atom is -0.383 e. The number of methoxy groups -OCH3 is 1. The highest BCUT2D eigenvalue weighted by atomic mass is 35.5. The molecule has 1 heterocycles. The molecule has 1 aromatic heterocycles. The lowest BCUT2D eigenvalue weighted by Crippen LogP contribution is -2.28.